The van der Waals surface area contributed by atoms with Crippen LogP contribution in [0.4, 0.5) is 0 Å². The van der Waals surface area contributed by atoms with Crippen LogP contribution in [0, 0.1) is 25.2 Å². The third kappa shape index (κ3) is 3.00. The van der Waals surface area contributed by atoms with Crippen LogP contribution in [0.3, 0.4) is 0 Å². The number of rotatable bonds is 3. The minimum absolute atomic E-state index is 0.0672. The van der Waals surface area contributed by atoms with E-state index >= 15 is 0 Å². The predicted octanol–water partition coefficient (Wildman–Crippen LogP) is 3.83. The van der Waals surface area contributed by atoms with E-state index in [-0.39, 0.29) is 17.2 Å². The first kappa shape index (κ1) is 17.9. The highest BCUT2D eigenvalue weighted by Crippen LogP contribution is 2.40. The molecule has 0 radical (unpaired) electrons. The first-order valence-corrected chi connectivity index (χ1v) is 10.2. The van der Waals surface area contributed by atoms with Gasteiger partial charge in [-0.2, -0.15) is 15.1 Å². The van der Waals surface area contributed by atoms with Crippen LogP contribution in [0.5, 0.6) is 5.75 Å². The maximum absolute atomic E-state index is 12.6. The van der Waals surface area contributed by atoms with Gasteiger partial charge in [0.05, 0.1) is 5.57 Å². The molecule has 0 bridgehead atoms. The molecule has 3 heterocycles. The lowest BCUT2D eigenvalue weighted by Crippen LogP contribution is -2.35. The molecular formula is C21H19N5O2S. The van der Waals surface area contributed by atoms with Gasteiger partial charge in [-0.05, 0) is 80.4 Å². The highest BCUT2D eigenvalue weighted by molar-refractivity contribution is 8.27. The number of aromatic hydroxyl groups is 1. The summed E-state index contributed by atoms with van der Waals surface area (Å²) in [5, 5.41) is 25.5. The van der Waals surface area contributed by atoms with Gasteiger partial charge in [0.2, 0.25) is 5.17 Å². The Bertz CT molecular complexity index is 1150. The number of amidine groups is 2. The average Bonchev–Trinajstić information content (AvgIpc) is 3.39. The molecule has 146 valence electrons. The zero-order valence-corrected chi connectivity index (χ0v) is 16.8. The second-order valence-corrected chi connectivity index (χ2v) is 8.40. The van der Waals surface area contributed by atoms with Crippen molar-refractivity contribution in [3.05, 3.63) is 52.9 Å². The number of benzene rings is 1. The van der Waals surface area contributed by atoms with Crippen molar-refractivity contribution < 1.29 is 9.90 Å². The van der Waals surface area contributed by atoms with E-state index in [1.165, 1.54) is 16.8 Å². The van der Waals surface area contributed by atoms with Crippen LogP contribution in [0.15, 0.2) is 46.0 Å². The Morgan fingerprint density at radius 1 is 1.24 bits per heavy atom. The molecule has 0 atom stereocenters. The molecule has 1 fully saturated rings. The van der Waals surface area contributed by atoms with Gasteiger partial charge in [0.25, 0.3) is 5.91 Å². The molecule has 2 aliphatic heterocycles. The fourth-order valence-electron chi connectivity index (χ4n) is 3.59. The summed E-state index contributed by atoms with van der Waals surface area (Å²) in [5.41, 5.74) is 3.93. The second-order valence-electron chi connectivity index (χ2n) is 7.41. The number of hydrazone groups is 1. The van der Waals surface area contributed by atoms with E-state index in [1.54, 1.807) is 18.2 Å². The Kier molecular flexibility index (Phi) is 3.99. The molecule has 1 aliphatic carbocycles. The first-order valence-electron chi connectivity index (χ1n) is 9.41. The smallest absolute Gasteiger partial charge is 0.283 e. The van der Waals surface area contributed by atoms with E-state index in [4.69, 9.17) is 5.41 Å². The van der Waals surface area contributed by atoms with Gasteiger partial charge in [0.1, 0.15) is 10.8 Å². The van der Waals surface area contributed by atoms with E-state index in [1.807, 2.05) is 36.6 Å². The van der Waals surface area contributed by atoms with Gasteiger partial charge in [-0.3, -0.25) is 10.2 Å². The summed E-state index contributed by atoms with van der Waals surface area (Å²) in [4.78, 5) is 16.8. The second kappa shape index (κ2) is 6.45. The summed E-state index contributed by atoms with van der Waals surface area (Å²) in [6, 6.07) is 8.94. The maximum atomic E-state index is 12.6. The van der Waals surface area contributed by atoms with Crippen LogP contribution in [0.2, 0.25) is 0 Å². The predicted molar refractivity (Wildman–Crippen MR) is 115 cm³/mol. The number of aliphatic imine (C=N–C) groups is 1. The number of carbonyl (C=O) groups excluding carboxylic acids is 1. The number of nitrogens with one attached hydrogen (secondary N) is 1. The summed E-state index contributed by atoms with van der Waals surface area (Å²) >= 11 is 1.40. The zero-order chi connectivity index (χ0) is 20.3. The molecular weight excluding hydrogens is 386 g/mol. The van der Waals surface area contributed by atoms with Gasteiger partial charge in [-0.15, -0.1) is 0 Å². The normalized spacial score (nSPS) is 20.2. The third-order valence-corrected chi connectivity index (χ3v) is 6.35. The Labute approximate surface area is 171 Å². The zero-order valence-electron chi connectivity index (χ0n) is 16.0. The van der Waals surface area contributed by atoms with Gasteiger partial charge in [-0.1, -0.05) is 0 Å². The largest absolute Gasteiger partial charge is 0.508 e. The lowest BCUT2D eigenvalue weighted by atomic mass is 10.1. The van der Waals surface area contributed by atoms with E-state index in [9.17, 15) is 9.90 Å². The highest BCUT2D eigenvalue weighted by atomic mass is 32.2. The molecule has 2 aromatic rings. The number of amides is 1. The number of carbonyl (C=O) groups is 1. The van der Waals surface area contributed by atoms with Crippen molar-refractivity contribution in [3.8, 4) is 11.4 Å². The minimum atomic E-state index is -0.407. The van der Waals surface area contributed by atoms with Crippen LogP contribution in [0.25, 0.3) is 11.8 Å². The van der Waals surface area contributed by atoms with Crippen molar-refractivity contribution in [2.24, 2.45) is 16.0 Å². The molecule has 29 heavy (non-hydrogen) atoms. The van der Waals surface area contributed by atoms with E-state index in [0.717, 1.165) is 40.5 Å². The van der Waals surface area contributed by atoms with Gasteiger partial charge >= 0.3 is 0 Å². The molecule has 2 N–H and O–H groups in total. The quantitative estimate of drug-likeness (QED) is 0.759. The standard InChI is InChI=1S/C21H19N5O2S/c1-11-9-14(12(2)25(11)15-5-7-16(27)8-6-15)10-17-18(22)26-21(23-19(17)28)29-20(24-26)13-3-4-13/h5-10,13,22,27H,3-4H2,1-2H3. The number of hydrogen-bond donors (Lipinski definition) is 2. The van der Waals surface area contributed by atoms with Crippen molar-refractivity contribution in [2.45, 2.75) is 26.7 Å². The summed E-state index contributed by atoms with van der Waals surface area (Å²) in [6.07, 6.45) is 3.94. The Hall–Kier alpha value is -3.13. The summed E-state index contributed by atoms with van der Waals surface area (Å²) in [7, 11) is 0. The monoisotopic (exact) mass is 405 g/mol. The van der Waals surface area contributed by atoms with Gasteiger partial charge in [0, 0.05) is 23.0 Å². The number of aromatic nitrogens is 1. The van der Waals surface area contributed by atoms with Crippen molar-refractivity contribution in [1.29, 1.82) is 5.41 Å². The van der Waals surface area contributed by atoms with E-state index < -0.39 is 5.91 Å². The van der Waals surface area contributed by atoms with Crippen LogP contribution in [0.1, 0.15) is 29.8 Å². The number of phenols is 1. The SMILES string of the molecule is Cc1cc(C=C2C(=N)N3N=C(C4CC4)SC3=NC2=O)c(C)n1-c1ccc(O)cc1. The Balaban J connectivity index is 1.52. The van der Waals surface area contributed by atoms with Crippen molar-refractivity contribution >= 4 is 39.8 Å². The first-order chi connectivity index (χ1) is 13.9. The minimum Gasteiger partial charge on any atom is -0.508 e. The lowest BCUT2D eigenvalue weighted by molar-refractivity contribution is -0.114. The highest BCUT2D eigenvalue weighted by Gasteiger charge is 2.40. The fraction of sp³-hybridized carbons (Fsp3) is 0.238. The van der Waals surface area contributed by atoms with Gasteiger partial charge in [-0.25, -0.2) is 0 Å². The van der Waals surface area contributed by atoms with Gasteiger partial charge in [0.15, 0.2) is 5.84 Å². The molecule has 3 aliphatic rings. The number of fused-ring (bicyclic) bond motifs is 1. The molecule has 0 unspecified atom stereocenters. The number of thioether (sulfide) groups is 1. The van der Waals surface area contributed by atoms with Crippen LogP contribution < -0.4 is 0 Å². The molecule has 1 saturated carbocycles. The number of hydrogen-bond acceptors (Lipinski definition) is 5. The third-order valence-electron chi connectivity index (χ3n) is 5.27. The molecule has 1 aromatic carbocycles. The number of aryl methyl sites for hydroxylation is 1. The van der Waals surface area contributed by atoms with Crippen molar-refractivity contribution in [2.75, 3.05) is 0 Å². The van der Waals surface area contributed by atoms with Gasteiger partial charge < -0.3 is 9.67 Å². The molecule has 7 nitrogen and oxygen atoms in total. The molecule has 8 heteroatoms. The average molecular weight is 405 g/mol. The topological polar surface area (TPSA) is 94.0 Å². The Morgan fingerprint density at radius 2 is 1.97 bits per heavy atom. The van der Waals surface area contributed by atoms with Crippen LogP contribution >= 0.6 is 11.8 Å². The molecule has 5 rings (SSSR count). The summed E-state index contributed by atoms with van der Waals surface area (Å²) in [5.74, 6) is 0.323. The van der Waals surface area contributed by atoms with E-state index in [0.29, 0.717) is 11.1 Å². The molecule has 0 saturated heterocycles. The maximum Gasteiger partial charge on any atom is 0.283 e. The molecule has 1 amide bonds. The van der Waals surface area contributed by atoms with Crippen LogP contribution in [-0.2, 0) is 4.79 Å². The lowest BCUT2D eigenvalue weighted by Gasteiger charge is -2.20. The fourth-order valence-corrected chi connectivity index (χ4v) is 4.65. The molecule has 1 aromatic heterocycles. The summed E-state index contributed by atoms with van der Waals surface area (Å²) < 4.78 is 2.05. The summed E-state index contributed by atoms with van der Waals surface area (Å²) in [6.45, 7) is 3.95. The number of nitrogens with zero attached hydrogens (tertiary/aromatic N) is 4. The number of phenolic OH excluding ortho intramolecular Hbond substituents is 1. The van der Waals surface area contributed by atoms with Crippen molar-refractivity contribution in [1.82, 2.24) is 9.58 Å². The molecule has 0 spiro atoms. The Morgan fingerprint density at radius 3 is 2.66 bits per heavy atom. The van der Waals surface area contributed by atoms with Crippen LogP contribution in [-0.4, -0.2) is 36.6 Å². The van der Waals surface area contributed by atoms with Crippen molar-refractivity contribution in [3.63, 3.8) is 0 Å². The van der Waals surface area contributed by atoms with E-state index in [2.05, 4.69) is 10.1 Å².